The highest BCUT2D eigenvalue weighted by molar-refractivity contribution is 5.93. The molecule has 0 heterocycles. The minimum atomic E-state index is -0.275. The molecule has 2 aliphatic rings. The Kier molecular flexibility index (Phi) is 2.61. The molecule has 2 saturated carbocycles. The molecule has 1 amide bonds. The molecule has 0 radical (unpaired) electrons. The molecule has 0 aliphatic heterocycles. The van der Waals surface area contributed by atoms with Crippen LogP contribution in [0.5, 0.6) is 0 Å². The van der Waals surface area contributed by atoms with Crippen LogP contribution in [0.4, 0.5) is 10.1 Å². The van der Waals surface area contributed by atoms with E-state index < -0.39 is 0 Å². The van der Waals surface area contributed by atoms with E-state index in [0.29, 0.717) is 11.6 Å². The summed E-state index contributed by atoms with van der Waals surface area (Å²) in [6, 6.07) is 5.97. The van der Waals surface area contributed by atoms with Crippen molar-refractivity contribution in [1.82, 2.24) is 0 Å². The first-order valence-electron chi connectivity index (χ1n) is 6.29. The van der Waals surface area contributed by atoms with Crippen LogP contribution in [0.25, 0.3) is 0 Å². The summed E-state index contributed by atoms with van der Waals surface area (Å²) in [5, 5.41) is 2.89. The number of hydrogen-bond donors (Lipinski definition) is 1. The maximum atomic E-state index is 12.7. The summed E-state index contributed by atoms with van der Waals surface area (Å²) < 4.78 is 12.7. The molecule has 1 aromatic carbocycles. The summed E-state index contributed by atoms with van der Waals surface area (Å²) in [7, 11) is 0. The molecule has 90 valence electrons. The van der Waals surface area contributed by atoms with Crippen LogP contribution < -0.4 is 5.32 Å². The molecule has 0 aromatic heterocycles. The van der Waals surface area contributed by atoms with Crippen LogP contribution in [0.3, 0.4) is 0 Å². The Balaban J connectivity index is 1.65. The number of carbonyl (C=O) groups is 1. The lowest BCUT2D eigenvalue weighted by molar-refractivity contribution is -0.121. The SMILES string of the molecule is O=C(Nc1ccc(F)cc1)[C@@H]1C[C@H]2CC[C@@H]1C2. The topological polar surface area (TPSA) is 29.1 Å². The van der Waals surface area contributed by atoms with Gasteiger partial charge in [-0.2, -0.15) is 0 Å². The smallest absolute Gasteiger partial charge is 0.227 e. The number of amides is 1. The van der Waals surface area contributed by atoms with Gasteiger partial charge in [0.2, 0.25) is 5.91 Å². The zero-order valence-corrected chi connectivity index (χ0v) is 9.66. The summed E-state index contributed by atoms with van der Waals surface area (Å²) in [6.45, 7) is 0. The van der Waals surface area contributed by atoms with E-state index in [0.717, 1.165) is 12.3 Å². The predicted molar refractivity (Wildman–Crippen MR) is 64.0 cm³/mol. The third kappa shape index (κ3) is 2.06. The van der Waals surface area contributed by atoms with Crippen molar-refractivity contribution in [1.29, 1.82) is 0 Å². The average molecular weight is 233 g/mol. The maximum absolute atomic E-state index is 12.7. The fourth-order valence-corrected chi connectivity index (χ4v) is 3.33. The van der Waals surface area contributed by atoms with Crippen LogP contribution in [0, 0.1) is 23.6 Å². The van der Waals surface area contributed by atoms with Crippen LogP contribution in [0.1, 0.15) is 25.7 Å². The van der Waals surface area contributed by atoms with Crippen molar-refractivity contribution in [2.24, 2.45) is 17.8 Å². The van der Waals surface area contributed by atoms with Gasteiger partial charge >= 0.3 is 0 Å². The molecule has 3 heteroatoms. The summed E-state index contributed by atoms with van der Waals surface area (Å²) in [5.41, 5.74) is 0.694. The molecule has 1 aromatic rings. The van der Waals surface area contributed by atoms with Gasteiger partial charge < -0.3 is 5.32 Å². The number of fused-ring (bicyclic) bond motifs is 2. The molecule has 3 rings (SSSR count). The minimum absolute atomic E-state index is 0.115. The Bertz CT molecular complexity index is 428. The molecular weight excluding hydrogens is 217 g/mol. The monoisotopic (exact) mass is 233 g/mol. The maximum Gasteiger partial charge on any atom is 0.227 e. The van der Waals surface area contributed by atoms with E-state index in [9.17, 15) is 9.18 Å². The van der Waals surface area contributed by atoms with Crippen molar-refractivity contribution in [3.8, 4) is 0 Å². The summed E-state index contributed by atoms with van der Waals surface area (Å²) in [5.74, 6) is 1.37. The van der Waals surface area contributed by atoms with Crippen molar-refractivity contribution in [2.75, 3.05) is 5.32 Å². The first kappa shape index (κ1) is 10.8. The van der Waals surface area contributed by atoms with E-state index in [4.69, 9.17) is 0 Å². The zero-order chi connectivity index (χ0) is 11.8. The Hall–Kier alpha value is -1.38. The Morgan fingerprint density at radius 1 is 1.18 bits per heavy atom. The second-order valence-corrected chi connectivity index (χ2v) is 5.28. The van der Waals surface area contributed by atoms with E-state index in [2.05, 4.69) is 5.32 Å². The molecule has 2 nitrogen and oxygen atoms in total. The number of hydrogen-bond acceptors (Lipinski definition) is 1. The van der Waals surface area contributed by atoms with E-state index in [1.54, 1.807) is 12.1 Å². The van der Waals surface area contributed by atoms with Gasteiger partial charge in [0.05, 0.1) is 0 Å². The number of halogens is 1. The van der Waals surface area contributed by atoms with Gasteiger partial charge in [0.25, 0.3) is 0 Å². The zero-order valence-electron chi connectivity index (χ0n) is 9.66. The summed E-state index contributed by atoms with van der Waals surface area (Å²) >= 11 is 0. The quantitative estimate of drug-likeness (QED) is 0.835. The second kappa shape index (κ2) is 4.13. The normalized spacial score (nSPS) is 30.5. The minimum Gasteiger partial charge on any atom is -0.326 e. The second-order valence-electron chi connectivity index (χ2n) is 5.28. The van der Waals surface area contributed by atoms with Crippen LogP contribution in [-0.2, 0) is 4.79 Å². The molecule has 0 unspecified atom stereocenters. The first-order chi connectivity index (χ1) is 8.22. The first-order valence-corrected chi connectivity index (χ1v) is 6.29. The number of carbonyl (C=O) groups excluding carboxylic acids is 1. The molecule has 0 saturated heterocycles. The highest BCUT2D eigenvalue weighted by Crippen LogP contribution is 2.48. The van der Waals surface area contributed by atoms with E-state index in [-0.39, 0.29) is 17.6 Å². The van der Waals surface area contributed by atoms with Gasteiger partial charge in [-0.15, -0.1) is 0 Å². The van der Waals surface area contributed by atoms with E-state index in [1.165, 1.54) is 31.4 Å². The number of rotatable bonds is 2. The van der Waals surface area contributed by atoms with Crippen molar-refractivity contribution in [2.45, 2.75) is 25.7 Å². The summed E-state index contributed by atoms with van der Waals surface area (Å²) in [4.78, 5) is 12.1. The lowest BCUT2D eigenvalue weighted by Crippen LogP contribution is -2.27. The van der Waals surface area contributed by atoms with E-state index >= 15 is 0 Å². The third-order valence-electron chi connectivity index (χ3n) is 4.19. The predicted octanol–water partition coefficient (Wildman–Crippen LogP) is 3.20. The number of anilines is 1. The molecule has 1 N–H and O–H groups in total. The largest absolute Gasteiger partial charge is 0.326 e. The Labute approximate surface area is 100 Å². The van der Waals surface area contributed by atoms with E-state index in [1.807, 2.05) is 0 Å². The molecule has 17 heavy (non-hydrogen) atoms. The van der Waals surface area contributed by atoms with Crippen LogP contribution >= 0.6 is 0 Å². The molecule has 2 aliphatic carbocycles. The Morgan fingerprint density at radius 2 is 1.94 bits per heavy atom. The molecule has 0 spiro atoms. The molecule has 3 atom stereocenters. The number of benzene rings is 1. The molecular formula is C14H16FNO. The van der Waals surface area contributed by atoms with Crippen molar-refractivity contribution >= 4 is 11.6 Å². The fourth-order valence-electron chi connectivity index (χ4n) is 3.33. The van der Waals surface area contributed by atoms with Gasteiger partial charge in [0.15, 0.2) is 0 Å². The molecule has 2 fully saturated rings. The van der Waals surface area contributed by atoms with Gasteiger partial charge in [0.1, 0.15) is 5.82 Å². The fraction of sp³-hybridized carbons (Fsp3) is 0.500. The highest BCUT2D eigenvalue weighted by atomic mass is 19.1. The average Bonchev–Trinajstić information content (AvgIpc) is 2.94. The van der Waals surface area contributed by atoms with Gasteiger partial charge in [-0.05, 0) is 55.4 Å². The van der Waals surface area contributed by atoms with Gasteiger partial charge in [-0.25, -0.2) is 4.39 Å². The van der Waals surface area contributed by atoms with Crippen LogP contribution in [0.2, 0.25) is 0 Å². The van der Waals surface area contributed by atoms with Crippen molar-refractivity contribution < 1.29 is 9.18 Å². The van der Waals surface area contributed by atoms with Crippen molar-refractivity contribution in [3.63, 3.8) is 0 Å². The van der Waals surface area contributed by atoms with Gasteiger partial charge in [-0.3, -0.25) is 4.79 Å². The van der Waals surface area contributed by atoms with Crippen LogP contribution in [0.15, 0.2) is 24.3 Å². The lowest BCUT2D eigenvalue weighted by atomic mass is 9.88. The summed E-state index contributed by atoms with van der Waals surface area (Å²) in [6.07, 6.45) is 4.76. The number of nitrogens with one attached hydrogen (secondary N) is 1. The lowest BCUT2D eigenvalue weighted by Gasteiger charge is -2.20. The standard InChI is InChI=1S/C14H16FNO/c15-11-3-5-12(6-4-11)16-14(17)13-8-9-1-2-10(13)7-9/h3-6,9-10,13H,1-2,7-8H2,(H,16,17)/t9-,10+,13+/m0/s1. The third-order valence-corrected chi connectivity index (χ3v) is 4.19. The van der Waals surface area contributed by atoms with Gasteiger partial charge in [0, 0.05) is 11.6 Å². The highest BCUT2D eigenvalue weighted by Gasteiger charge is 2.42. The van der Waals surface area contributed by atoms with Gasteiger partial charge in [-0.1, -0.05) is 6.42 Å². The van der Waals surface area contributed by atoms with Crippen molar-refractivity contribution in [3.05, 3.63) is 30.1 Å². The molecule has 2 bridgehead atoms. The van der Waals surface area contributed by atoms with Crippen LogP contribution in [-0.4, -0.2) is 5.91 Å². The Morgan fingerprint density at radius 3 is 2.53 bits per heavy atom.